The molecule has 2 atom stereocenters. The Morgan fingerprint density at radius 2 is 2.14 bits per heavy atom. The van der Waals surface area contributed by atoms with Crippen LogP contribution in [0.3, 0.4) is 0 Å². The molecule has 0 bridgehead atoms. The Bertz CT molecular complexity index is 593. The SMILES string of the molecule is CCNC(c1nccnc1OC)C1Cc2ccccc2O1. The maximum Gasteiger partial charge on any atom is 0.237 e. The van der Waals surface area contributed by atoms with Crippen LogP contribution in [0.15, 0.2) is 36.7 Å². The van der Waals surface area contributed by atoms with E-state index in [9.17, 15) is 0 Å². The lowest BCUT2D eigenvalue weighted by atomic mass is 10.0. The molecule has 1 aromatic carbocycles. The average Bonchev–Trinajstić information content (AvgIpc) is 2.96. The smallest absolute Gasteiger partial charge is 0.237 e. The van der Waals surface area contributed by atoms with Gasteiger partial charge < -0.3 is 14.8 Å². The zero-order valence-corrected chi connectivity index (χ0v) is 12.2. The van der Waals surface area contributed by atoms with Crippen LogP contribution in [0, 0.1) is 0 Å². The Balaban J connectivity index is 1.90. The number of benzene rings is 1. The number of aromatic nitrogens is 2. The van der Waals surface area contributed by atoms with Crippen molar-refractivity contribution in [2.24, 2.45) is 0 Å². The second-order valence-electron chi connectivity index (χ2n) is 4.95. The van der Waals surface area contributed by atoms with Crippen molar-refractivity contribution in [3.05, 3.63) is 47.9 Å². The predicted octanol–water partition coefficient (Wildman–Crippen LogP) is 2.14. The van der Waals surface area contributed by atoms with Crippen LogP contribution in [0.25, 0.3) is 0 Å². The number of likely N-dealkylation sites (N-methyl/N-ethyl adjacent to an activating group) is 1. The van der Waals surface area contributed by atoms with Crippen LogP contribution >= 0.6 is 0 Å². The molecule has 5 nitrogen and oxygen atoms in total. The third-order valence-electron chi connectivity index (χ3n) is 3.65. The van der Waals surface area contributed by atoms with Gasteiger partial charge in [0, 0.05) is 18.8 Å². The van der Waals surface area contributed by atoms with Crippen LogP contribution in [0.4, 0.5) is 0 Å². The molecule has 0 spiro atoms. The Hall–Kier alpha value is -2.14. The normalized spacial score (nSPS) is 17.9. The highest BCUT2D eigenvalue weighted by molar-refractivity contribution is 5.38. The molecule has 2 unspecified atom stereocenters. The van der Waals surface area contributed by atoms with Crippen molar-refractivity contribution in [1.82, 2.24) is 15.3 Å². The molecule has 0 saturated carbocycles. The topological polar surface area (TPSA) is 56.3 Å². The fraction of sp³-hybridized carbons (Fsp3) is 0.375. The summed E-state index contributed by atoms with van der Waals surface area (Å²) >= 11 is 0. The van der Waals surface area contributed by atoms with Crippen molar-refractivity contribution in [2.45, 2.75) is 25.5 Å². The summed E-state index contributed by atoms with van der Waals surface area (Å²) in [6.45, 7) is 2.89. The second kappa shape index (κ2) is 6.10. The molecule has 0 aliphatic carbocycles. The summed E-state index contributed by atoms with van der Waals surface area (Å²) in [6.07, 6.45) is 4.17. The molecular formula is C16H19N3O2. The number of hydrogen-bond acceptors (Lipinski definition) is 5. The van der Waals surface area contributed by atoms with E-state index in [0.717, 1.165) is 24.4 Å². The molecule has 1 aromatic heterocycles. The molecule has 0 fully saturated rings. The molecule has 2 heterocycles. The number of fused-ring (bicyclic) bond motifs is 1. The van der Waals surface area contributed by atoms with Gasteiger partial charge in [-0.05, 0) is 18.2 Å². The standard InChI is InChI=1S/C16H19N3O2/c1-3-17-14(15-16(20-2)19-9-8-18-15)13-10-11-6-4-5-7-12(11)21-13/h4-9,13-14,17H,3,10H2,1-2H3. The van der Waals surface area contributed by atoms with Crippen LogP contribution in [-0.4, -0.2) is 29.7 Å². The van der Waals surface area contributed by atoms with Crippen molar-refractivity contribution < 1.29 is 9.47 Å². The third kappa shape index (κ3) is 2.69. The van der Waals surface area contributed by atoms with Gasteiger partial charge in [-0.3, -0.25) is 4.98 Å². The number of nitrogens with zero attached hydrogens (tertiary/aromatic N) is 2. The largest absolute Gasteiger partial charge is 0.488 e. The molecule has 1 aliphatic heterocycles. The van der Waals surface area contributed by atoms with Gasteiger partial charge in [-0.25, -0.2) is 4.98 Å². The minimum absolute atomic E-state index is 0.00653. The highest BCUT2D eigenvalue weighted by Crippen LogP contribution is 2.35. The predicted molar refractivity (Wildman–Crippen MR) is 79.6 cm³/mol. The Morgan fingerprint density at radius 1 is 1.33 bits per heavy atom. The van der Waals surface area contributed by atoms with E-state index < -0.39 is 0 Å². The summed E-state index contributed by atoms with van der Waals surface area (Å²) in [4.78, 5) is 8.69. The molecule has 3 rings (SSSR count). The highest BCUT2D eigenvalue weighted by atomic mass is 16.5. The molecule has 0 saturated heterocycles. The lowest BCUT2D eigenvalue weighted by Crippen LogP contribution is -2.35. The van der Waals surface area contributed by atoms with Gasteiger partial charge in [-0.1, -0.05) is 25.1 Å². The zero-order valence-electron chi connectivity index (χ0n) is 12.2. The van der Waals surface area contributed by atoms with Crippen molar-refractivity contribution in [2.75, 3.05) is 13.7 Å². The van der Waals surface area contributed by atoms with Crippen molar-refractivity contribution in [3.63, 3.8) is 0 Å². The average molecular weight is 285 g/mol. The molecule has 5 heteroatoms. The monoisotopic (exact) mass is 285 g/mol. The van der Waals surface area contributed by atoms with E-state index in [1.54, 1.807) is 19.5 Å². The summed E-state index contributed by atoms with van der Waals surface area (Å²) in [6, 6.07) is 8.09. The van der Waals surface area contributed by atoms with Crippen molar-refractivity contribution in [3.8, 4) is 11.6 Å². The lowest BCUT2D eigenvalue weighted by Gasteiger charge is -2.24. The van der Waals surface area contributed by atoms with E-state index in [-0.39, 0.29) is 12.1 Å². The number of para-hydroxylation sites is 1. The summed E-state index contributed by atoms with van der Waals surface area (Å²) in [5, 5.41) is 3.44. The van der Waals surface area contributed by atoms with Crippen molar-refractivity contribution >= 4 is 0 Å². The maximum absolute atomic E-state index is 6.09. The van der Waals surface area contributed by atoms with E-state index in [4.69, 9.17) is 9.47 Å². The summed E-state index contributed by atoms with van der Waals surface area (Å²) < 4.78 is 11.4. The van der Waals surface area contributed by atoms with Crippen LogP contribution in [0.1, 0.15) is 24.2 Å². The summed E-state index contributed by atoms with van der Waals surface area (Å²) in [5.74, 6) is 1.50. The number of nitrogens with one attached hydrogen (secondary N) is 1. The Kier molecular flexibility index (Phi) is 4.01. The number of hydrogen-bond donors (Lipinski definition) is 1. The van der Waals surface area contributed by atoms with Gasteiger partial charge in [0.25, 0.3) is 0 Å². The van der Waals surface area contributed by atoms with E-state index in [2.05, 4.69) is 28.3 Å². The first-order valence-corrected chi connectivity index (χ1v) is 7.16. The van der Waals surface area contributed by atoms with E-state index in [1.807, 2.05) is 18.2 Å². The Morgan fingerprint density at radius 3 is 2.90 bits per heavy atom. The minimum atomic E-state index is -0.0500. The van der Waals surface area contributed by atoms with Gasteiger partial charge in [0.05, 0.1) is 13.2 Å². The summed E-state index contributed by atoms with van der Waals surface area (Å²) in [7, 11) is 1.61. The van der Waals surface area contributed by atoms with Gasteiger partial charge in [0.1, 0.15) is 17.5 Å². The molecule has 2 aromatic rings. The second-order valence-corrected chi connectivity index (χ2v) is 4.95. The molecule has 0 radical (unpaired) electrons. The van der Waals surface area contributed by atoms with E-state index >= 15 is 0 Å². The molecule has 0 amide bonds. The van der Waals surface area contributed by atoms with Gasteiger partial charge in [0.15, 0.2) is 0 Å². The fourth-order valence-corrected chi connectivity index (χ4v) is 2.73. The van der Waals surface area contributed by atoms with Crippen LogP contribution in [0.5, 0.6) is 11.6 Å². The Labute approximate surface area is 124 Å². The quantitative estimate of drug-likeness (QED) is 0.912. The first-order valence-electron chi connectivity index (χ1n) is 7.16. The molecule has 1 aliphatic rings. The minimum Gasteiger partial charge on any atom is -0.488 e. The number of ether oxygens (including phenoxy) is 2. The fourth-order valence-electron chi connectivity index (χ4n) is 2.73. The molecule has 21 heavy (non-hydrogen) atoms. The van der Waals surface area contributed by atoms with Gasteiger partial charge in [-0.2, -0.15) is 0 Å². The number of methoxy groups -OCH3 is 1. The van der Waals surface area contributed by atoms with E-state index in [0.29, 0.717) is 5.88 Å². The highest BCUT2D eigenvalue weighted by Gasteiger charge is 2.33. The summed E-state index contributed by atoms with van der Waals surface area (Å²) in [5.41, 5.74) is 2.02. The molecule has 110 valence electrons. The maximum atomic E-state index is 6.09. The first kappa shape index (κ1) is 13.8. The zero-order chi connectivity index (χ0) is 14.7. The third-order valence-corrected chi connectivity index (χ3v) is 3.65. The van der Waals surface area contributed by atoms with Crippen LogP contribution in [0.2, 0.25) is 0 Å². The van der Waals surface area contributed by atoms with Crippen LogP contribution in [-0.2, 0) is 6.42 Å². The van der Waals surface area contributed by atoms with Gasteiger partial charge in [-0.15, -0.1) is 0 Å². The van der Waals surface area contributed by atoms with Crippen LogP contribution < -0.4 is 14.8 Å². The number of rotatable bonds is 5. The molecular weight excluding hydrogens is 266 g/mol. The lowest BCUT2D eigenvalue weighted by molar-refractivity contribution is 0.174. The van der Waals surface area contributed by atoms with Gasteiger partial charge >= 0.3 is 0 Å². The molecule has 1 N–H and O–H groups in total. The first-order chi connectivity index (χ1) is 10.3. The van der Waals surface area contributed by atoms with Gasteiger partial charge in [0.2, 0.25) is 5.88 Å². The van der Waals surface area contributed by atoms with Crippen molar-refractivity contribution in [1.29, 1.82) is 0 Å². The van der Waals surface area contributed by atoms with E-state index in [1.165, 1.54) is 5.56 Å².